The molecule has 1 atom stereocenters. The molecular weight excluding hydrogens is 353 g/mol. The summed E-state index contributed by atoms with van der Waals surface area (Å²) in [6.07, 6.45) is 1.58. The summed E-state index contributed by atoms with van der Waals surface area (Å²) in [5.41, 5.74) is 5.90. The van der Waals surface area contributed by atoms with Crippen LogP contribution < -0.4 is 10.2 Å². The van der Waals surface area contributed by atoms with Gasteiger partial charge in [-0.2, -0.15) is 0 Å². The van der Waals surface area contributed by atoms with E-state index in [1.54, 1.807) is 12.3 Å². The smallest absolute Gasteiger partial charge is 0.237 e. The number of carbonyl (C=O) groups excluding carboxylic acids is 1. The Balaban J connectivity index is 1.32. The Morgan fingerprint density at radius 1 is 1.00 bits per heavy atom. The number of amides is 1. The third-order valence-electron chi connectivity index (χ3n) is 5.32. The van der Waals surface area contributed by atoms with Gasteiger partial charge in [0.25, 0.3) is 0 Å². The molecule has 0 fully saturated rings. The molecule has 1 N–H and O–H groups in total. The second kappa shape index (κ2) is 6.60. The standard InChI is InChI=1S/C23H18FN3O/c24-17-5-10-22-20(11-17)21(23(28)26-22)12-25-18-6-8-19(9-7-18)27-13-15-3-1-2-4-16(15)14-27/h1-12,21H,13-14H2,(H,26,28). The monoisotopic (exact) mass is 371 g/mol. The highest BCUT2D eigenvalue weighted by atomic mass is 19.1. The zero-order chi connectivity index (χ0) is 19.1. The number of carbonyl (C=O) groups is 1. The van der Waals surface area contributed by atoms with E-state index >= 15 is 0 Å². The number of nitrogens with one attached hydrogen (secondary N) is 1. The minimum absolute atomic E-state index is 0.184. The molecule has 0 aliphatic carbocycles. The van der Waals surface area contributed by atoms with Crippen molar-refractivity contribution in [2.45, 2.75) is 19.0 Å². The van der Waals surface area contributed by atoms with Crippen molar-refractivity contribution >= 4 is 29.2 Å². The predicted octanol–water partition coefficient (Wildman–Crippen LogP) is 4.78. The molecule has 0 saturated heterocycles. The molecule has 4 nitrogen and oxygen atoms in total. The molecule has 1 amide bonds. The number of aliphatic imine (C=N–C) groups is 1. The number of rotatable bonds is 3. The zero-order valence-corrected chi connectivity index (χ0v) is 15.1. The maximum absolute atomic E-state index is 13.5. The van der Waals surface area contributed by atoms with Gasteiger partial charge in [-0.25, -0.2) is 4.39 Å². The van der Waals surface area contributed by atoms with Crippen molar-refractivity contribution in [3.8, 4) is 0 Å². The van der Waals surface area contributed by atoms with Gasteiger partial charge in [-0.3, -0.25) is 9.79 Å². The minimum Gasteiger partial charge on any atom is -0.363 e. The fourth-order valence-corrected chi connectivity index (χ4v) is 3.83. The molecule has 5 rings (SSSR count). The largest absolute Gasteiger partial charge is 0.363 e. The quantitative estimate of drug-likeness (QED) is 0.673. The van der Waals surface area contributed by atoms with E-state index in [0.29, 0.717) is 11.3 Å². The Kier molecular flexibility index (Phi) is 3.93. The molecular formula is C23H18FN3O. The van der Waals surface area contributed by atoms with E-state index < -0.39 is 5.92 Å². The fourth-order valence-electron chi connectivity index (χ4n) is 3.83. The number of benzene rings is 3. The molecule has 28 heavy (non-hydrogen) atoms. The summed E-state index contributed by atoms with van der Waals surface area (Å²) < 4.78 is 13.5. The van der Waals surface area contributed by atoms with E-state index in [9.17, 15) is 9.18 Å². The van der Waals surface area contributed by atoms with Gasteiger partial charge < -0.3 is 10.2 Å². The lowest BCUT2D eigenvalue weighted by Gasteiger charge is -2.17. The van der Waals surface area contributed by atoms with Crippen molar-refractivity contribution < 1.29 is 9.18 Å². The van der Waals surface area contributed by atoms with E-state index in [0.717, 1.165) is 24.5 Å². The first-order valence-corrected chi connectivity index (χ1v) is 9.24. The summed E-state index contributed by atoms with van der Waals surface area (Å²) in [6.45, 7) is 1.81. The molecule has 0 spiro atoms. The molecule has 2 heterocycles. The highest BCUT2D eigenvalue weighted by molar-refractivity contribution is 6.12. The third-order valence-corrected chi connectivity index (χ3v) is 5.32. The van der Waals surface area contributed by atoms with Crippen LogP contribution in [0.15, 0.2) is 71.7 Å². The van der Waals surface area contributed by atoms with E-state index in [4.69, 9.17) is 0 Å². The topological polar surface area (TPSA) is 44.7 Å². The van der Waals surface area contributed by atoms with E-state index in [2.05, 4.69) is 39.5 Å². The maximum Gasteiger partial charge on any atom is 0.237 e. The maximum atomic E-state index is 13.5. The van der Waals surface area contributed by atoms with Gasteiger partial charge in [-0.15, -0.1) is 0 Å². The van der Waals surface area contributed by atoms with Gasteiger partial charge in [-0.05, 0) is 59.2 Å². The summed E-state index contributed by atoms with van der Waals surface area (Å²) in [5, 5.41) is 2.76. The Hall–Kier alpha value is -3.47. The highest BCUT2D eigenvalue weighted by Gasteiger charge is 2.29. The van der Waals surface area contributed by atoms with Crippen LogP contribution in [0.3, 0.4) is 0 Å². The van der Waals surface area contributed by atoms with Crippen molar-refractivity contribution in [1.29, 1.82) is 0 Å². The first kappa shape index (κ1) is 16.7. The number of nitrogens with zero attached hydrogens (tertiary/aromatic N) is 2. The van der Waals surface area contributed by atoms with Crippen molar-refractivity contribution in [2.75, 3.05) is 10.2 Å². The lowest BCUT2D eigenvalue weighted by atomic mass is 10.0. The summed E-state index contributed by atoms with van der Waals surface area (Å²) in [6, 6.07) is 20.8. The second-order valence-corrected chi connectivity index (χ2v) is 7.12. The Bertz CT molecular complexity index is 1070. The van der Waals surface area contributed by atoms with Crippen LogP contribution in [-0.2, 0) is 17.9 Å². The first-order valence-electron chi connectivity index (χ1n) is 9.24. The number of fused-ring (bicyclic) bond motifs is 2. The van der Waals surface area contributed by atoms with Crippen LogP contribution in [0.25, 0.3) is 0 Å². The van der Waals surface area contributed by atoms with Crippen LogP contribution in [0.2, 0.25) is 0 Å². The van der Waals surface area contributed by atoms with E-state index in [1.807, 2.05) is 24.3 Å². The third kappa shape index (κ3) is 2.95. The van der Waals surface area contributed by atoms with Gasteiger partial charge in [-0.1, -0.05) is 24.3 Å². The normalized spacial score (nSPS) is 17.7. The molecule has 0 saturated carbocycles. The summed E-state index contributed by atoms with van der Waals surface area (Å²) in [5.74, 6) is -1.11. The van der Waals surface area contributed by atoms with Crippen molar-refractivity contribution in [2.24, 2.45) is 4.99 Å². The van der Waals surface area contributed by atoms with Crippen LogP contribution in [0.5, 0.6) is 0 Å². The SMILES string of the molecule is O=C1Nc2ccc(F)cc2C1C=Nc1ccc(N2Cc3ccccc3C2)cc1. The van der Waals surface area contributed by atoms with Gasteiger partial charge >= 0.3 is 0 Å². The molecule has 1 unspecified atom stereocenters. The van der Waals surface area contributed by atoms with Crippen LogP contribution >= 0.6 is 0 Å². The molecule has 3 aromatic rings. The number of hydrogen-bond acceptors (Lipinski definition) is 3. The average molecular weight is 371 g/mol. The summed E-state index contributed by atoms with van der Waals surface area (Å²) >= 11 is 0. The Morgan fingerprint density at radius 2 is 1.71 bits per heavy atom. The molecule has 3 aromatic carbocycles. The number of hydrogen-bond donors (Lipinski definition) is 1. The van der Waals surface area contributed by atoms with Gasteiger partial charge in [0, 0.05) is 30.7 Å². The van der Waals surface area contributed by atoms with Gasteiger partial charge in [0.15, 0.2) is 0 Å². The molecule has 2 aliphatic rings. The molecule has 0 bridgehead atoms. The number of anilines is 2. The highest BCUT2D eigenvalue weighted by Crippen LogP contribution is 2.33. The van der Waals surface area contributed by atoms with Crippen LogP contribution in [0, 0.1) is 5.82 Å². The summed E-state index contributed by atoms with van der Waals surface area (Å²) in [4.78, 5) is 18.9. The van der Waals surface area contributed by atoms with Crippen LogP contribution in [0.1, 0.15) is 22.6 Å². The van der Waals surface area contributed by atoms with Crippen LogP contribution in [0.4, 0.5) is 21.5 Å². The average Bonchev–Trinajstić information content (AvgIpc) is 3.27. The molecule has 0 aromatic heterocycles. The second-order valence-electron chi connectivity index (χ2n) is 7.12. The fraction of sp³-hybridized carbons (Fsp3) is 0.130. The van der Waals surface area contributed by atoms with E-state index in [1.165, 1.54) is 23.3 Å². The van der Waals surface area contributed by atoms with Crippen LogP contribution in [-0.4, -0.2) is 12.1 Å². The summed E-state index contributed by atoms with van der Waals surface area (Å²) in [7, 11) is 0. The molecule has 5 heteroatoms. The predicted molar refractivity (Wildman–Crippen MR) is 109 cm³/mol. The van der Waals surface area contributed by atoms with Crippen molar-refractivity contribution in [1.82, 2.24) is 0 Å². The molecule has 0 radical (unpaired) electrons. The Morgan fingerprint density at radius 3 is 2.43 bits per heavy atom. The van der Waals surface area contributed by atoms with Crippen molar-refractivity contribution in [3.63, 3.8) is 0 Å². The first-order chi connectivity index (χ1) is 13.7. The van der Waals surface area contributed by atoms with Gasteiger partial charge in [0.1, 0.15) is 11.7 Å². The molecule has 2 aliphatic heterocycles. The van der Waals surface area contributed by atoms with Gasteiger partial charge in [0.05, 0.1) is 5.69 Å². The van der Waals surface area contributed by atoms with E-state index in [-0.39, 0.29) is 11.7 Å². The van der Waals surface area contributed by atoms with Gasteiger partial charge in [0.2, 0.25) is 5.91 Å². The number of halogens is 1. The lowest BCUT2D eigenvalue weighted by molar-refractivity contribution is -0.115. The lowest BCUT2D eigenvalue weighted by Crippen LogP contribution is -2.14. The zero-order valence-electron chi connectivity index (χ0n) is 15.1. The Labute approximate surface area is 162 Å². The van der Waals surface area contributed by atoms with Crippen molar-refractivity contribution in [3.05, 3.63) is 89.2 Å². The minimum atomic E-state index is -0.571. The molecule has 138 valence electrons.